The molecular formula is C17H24FN5O2. The topological polar surface area (TPSA) is 115 Å². The number of pyridine rings is 1. The maximum Gasteiger partial charge on any atom is 0.411 e. The summed E-state index contributed by atoms with van der Waals surface area (Å²) in [5.41, 5.74) is 11.9. The van der Waals surface area contributed by atoms with Crippen LogP contribution in [0.15, 0.2) is 36.4 Å². The summed E-state index contributed by atoms with van der Waals surface area (Å²) in [7, 11) is 0. The number of nitrogens with one attached hydrogen (secondary N) is 2. The van der Waals surface area contributed by atoms with E-state index >= 15 is 0 Å². The van der Waals surface area contributed by atoms with Gasteiger partial charge in [0, 0.05) is 6.54 Å². The molecule has 0 fully saturated rings. The van der Waals surface area contributed by atoms with Crippen molar-refractivity contribution < 1.29 is 13.9 Å². The van der Waals surface area contributed by atoms with E-state index in [0.717, 1.165) is 12.1 Å². The number of halogens is 1. The van der Waals surface area contributed by atoms with Gasteiger partial charge in [-0.3, -0.25) is 5.32 Å². The molecule has 136 valence electrons. The first kappa shape index (κ1) is 20.2. The minimum atomic E-state index is -0.581. The molecule has 2 rings (SSSR count). The SMILES string of the molecule is CCN.CCOC(=O)Nc1ccc(NCc2ccc(F)cc2)nc1N. The van der Waals surface area contributed by atoms with Crippen LogP contribution in [0.2, 0.25) is 0 Å². The lowest BCUT2D eigenvalue weighted by molar-refractivity contribution is 0.168. The Hall–Kier alpha value is -2.87. The summed E-state index contributed by atoms with van der Waals surface area (Å²) in [6.07, 6.45) is -0.581. The van der Waals surface area contributed by atoms with Crippen LogP contribution in [-0.4, -0.2) is 24.2 Å². The third-order valence-electron chi connectivity index (χ3n) is 2.82. The number of anilines is 3. The van der Waals surface area contributed by atoms with Gasteiger partial charge in [-0.05, 0) is 43.3 Å². The number of nitrogen functional groups attached to an aromatic ring is 1. The fraction of sp³-hybridized carbons (Fsp3) is 0.294. The highest BCUT2D eigenvalue weighted by molar-refractivity contribution is 5.88. The highest BCUT2D eigenvalue weighted by Gasteiger charge is 2.07. The number of nitrogens with two attached hydrogens (primary N) is 2. The Morgan fingerprint density at radius 3 is 2.40 bits per heavy atom. The molecule has 0 atom stereocenters. The van der Waals surface area contributed by atoms with Gasteiger partial charge in [-0.25, -0.2) is 14.2 Å². The van der Waals surface area contributed by atoms with E-state index in [4.69, 9.17) is 16.2 Å². The fourth-order valence-corrected chi connectivity index (χ4v) is 1.75. The molecule has 0 radical (unpaired) electrons. The zero-order valence-corrected chi connectivity index (χ0v) is 14.4. The van der Waals surface area contributed by atoms with E-state index in [9.17, 15) is 9.18 Å². The Kier molecular flexibility index (Phi) is 8.73. The molecule has 1 aromatic carbocycles. The first-order valence-electron chi connectivity index (χ1n) is 7.88. The van der Waals surface area contributed by atoms with Crippen LogP contribution in [0.4, 0.5) is 26.5 Å². The van der Waals surface area contributed by atoms with Gasteiger partial charge < -0.3 is 21.5 Å². The lowest BCUT2D eigenvalue weighted by Crippen LogP contribution is -2.15. The van der Waals surface area contributed by atoms with E-state index in [1.807, 2.05) is 6.92 Å². The van der Waals surface area contributed by atoms with Gasteiger partial charge in [0.05, 0.1) is 12.3 Å². The molecule has 8 heteroatoms. The molecule has 2 aromatic rings. The minimum absolute atomic E-state index is 0.178. The van der Waals surface area contributed by atoms with Crippen molar-refractivity contribution in [1.29, 1.82) is 0 Å². The summed E-state index contributed by atoms with van der Waals surface area (Å²) in [5.74, 6) is 0.453. The maximum atomic E-state index is 12.8. The summed E-state index contributed by atoms with van der Waals surface area (Å²) >= 11 is 0. The van der Waals surface area contributed by atoms with Crippen LogP contribution in [-0.2, 0) is 11.3 Å². The average Bonchev–Trinajstić information content (AvgIpc) is 2.57. The normalized spacial score (nSPS) is 9.60. The molecule has 25 heavy (non-hydrogen) atoms. The Labute approximate surface area is 146 Å². The molecule has 0 saturated heterocycles. The molecule has 0 saturated carbocycles. The van der Waals surface area contributed by atoms with Crippen molar-refractivity contribution in [3.8, 4) is 0 Å². The molecule has 0 aliphatic heterocycles. The number of amides is 1. The average molecular weight is 349 g/mol. The molecule has 1 amide bonds. The van der Waals surface area contributed by atoms with Crippen LogP contribution >= 0.6 is 0 Å². The quantitative estimate of drug-likeness (QED) is 0.660. The number of rotatable bonds is 5. The molecule has 7 nitrogen and oxygen atoms in total. The zero-order chi connectivity index (χ0) is 18.7. The van der Waals surface area contributed by atoms with E-state index in [-0.39, 0.29) is 18.2 Å². The predicted octanol–water partition coefficient (Wildman–Crippen LogP) is 2.95. The van der Waals surface area contributed by atoms with Crippen molar-refractivity contribution in [2.24, 2.45) is 5.73 Å². The third kappa shape index (κ3) is 7.49. The van der Waals surface area contributed by atoms with Crippen molar-refractivity contribution >= 4 is 23.4 Å². The van der Waals surface area contributed by atoms with Crippen molar-refractivity contribution in [2.75, 3.05) is 29.5 Å². The molecule has 0 spiro atoms. The maximum absolute atomic E-state index is 12.8. The van der Waals surface area contributed by atoms with Gasteiger partial charge in [-0.1, -0.05) is 19.1 Å². The Bertz CT molecular complexity index is 665. The van der Waals surface area contributed by atoms with Crippen molar-refractivity contribution in [3.05, 3.63) is 47.8 Å². The number of hydrogen-bond donors (Lipinski definition) is 4. The number of hydrogen-bond acceptors (Lipinski definition) is 6. The van der Waals surface area contributed by atoms with E-state index in [2.05, 4.69) is 15.6 Å². The number of aromatic nitrogens is 1. The highest BCUT2D eigenvalue weighted by Crippen LogP contribution is 2.19. The van der Waals surface area contributed by atoms with E-state index in [1.165, 1.54) is 12.1 Å². The summed E-state index contributed by atoms with van der Waals surface area (Å²) in [4.78, 5) is 15.5. The largest absolute Gasteiger partial charge is 0.450 e. The van der Waals surface area contributed by atoms with E-state index < -0.39 is 6.09 Å². The Morgan fingerprint density at radius 1 is 1.20 bits per heavy atom. The first-order valence-corrected chi connectivity index (χ1v) is 7.88. The van der Waals surface area contributed by atoms with Crippen LogP contribution in [0.1, 0.15) is 19.4 Å². The second-order valence-electron chi connectivity index (χ2n) is 4.86. The van der Waals surface area contributed by atoms with E-state index in [1.54, 1.807) is 31.2 Å². The molecule has 0 aliphatic carbocycles. The van der Waals surface area contributed by atoms with Gasteiger partial charge >= 0.3 is 6.09 Å². The highest BCUT2D eigenvalue weighted by atomic mass is 19.1. The predicted molar refractivity (Wildman–Crippen MR) is 97.7 cm³/mol. The smallest absolute Gasteiger partial charge is 0.411 e. The Morgan fingerprint density at radius 2 is 1.84 bits per heavy atom. The van der Waals surface area contributed by atoms with Gasteiger partial charge in [0.25, 0.3) is 0 Å². The van der Waals surface area contributed by atoms with Crippen LogP contribution in [0, 0.1) is 5.82 Å². The first-order chi connectivity index (χ1) is 12.0. The summed E-state index contributed by atoms with van der Waals surface area (Å²) in [5, 5.41) is 5.57. The molecule has 0 aliphatic rings. The number of carbonyl (C=O) groups is 1. The fourth-order valence-electron chi connectivity index (χ4n) is 1.75. The van der Waals surface area contributed by atoms with Gasteiger partial charge in [0.15, 0.2) is 0 Å². The summed E-state index contributed by atoms with van der Waals surface area (Å²) in [6, 6.07) is 9.47. The lowest BCUT2D eigenvalue weighted by Gasteiger charge is -2.10. The van der Waals surface area contributed by atoms with Gasteiger partial charge in [-0.2, -0.15) is 0 Å². The van der Waals surface area contributed by atoms with Gasteiger partial charge in [0.2, 0.25) is 0 Å². The molecular weight excluding hydrogens is 325 g/mol. The number of benzene rings is 1. The van der Waals surface area contributed by atoms with E-state index in [0.29, 0.717) is 18.1 Å². The van der Waals surface area contributed by atoms with Crippen LogP contribution < -0.4 is 22.1 Å². The van der Waals surface area contributed by atoms with Gasteiger partial charge in [0.1, 0.15) is 17.5 Å². The van der Waals surface area contributed by atoms with Crippen LogP contribution in [0.5, 0.6) is 0 Å². The van der Waals surface area contributed by atoms with Crippen LogP contribution in [0.3, 0.4) is 0 Å². The van der Waals surface area contributed by atoms with Crippen molar-refractivity contribution in [1.82, 2.24) is 4.98 Å². The number of ether oxygens (including phenoxy) is 1. The standard InChI is InChI=1S/C15H17FN4O2.C2H7N/c1-2-22-15(21)19-12-7-8-13(20-14(12)17)18-9-10-3-5-11(16)6-4-10;1-2-3/h3-8H,2,9H2,1H3,(H,19,21)(H3,17,18,20);2-3H2,1H3. The summed E-state index contributed by atoms with van der Waals surface area (Å²) in [6.45, 7) is 5.12. The Balaban J connectivity index is 0.000000970. The lowest BCUT2D eigenvalue weighted by atomic mass is 10.2. The molecule has 1 aromatic heterocycles. The number of carbonyl (C=O) groups excluding carboxylic acids is 1. The third-order valence-corrected chi connectivity index (χ3v) is 2.82. The monoisotopic (exact) mass is 349 g/mol. The molecule has 6 N–H and O–H groups in total. The zero-order valence-electron chi connectivity index (χ0n) is 14.4. The summed E-state index contributed by atoms with van der Waals surface area (Å²) < 4.78 is 17.6. The molecule has 0 bridgehead atoms. The van der Waals surface area contributed by atoms with Crippen LogP contribution in [0.25, 0.3) is 0 Å². The van der Waals surface area contributed by atoms with Gasteiger partial charge in [-0.15, -0.1) is 0 Å². The second-order valence-corrected chi connectivity index (χ2v) is 4.86. The minimum Gasteiger partial charge on any atom is -0.450 e. The van der Waals surface area contributed by atoms with Crippen molar-refractivity contribution in [2.45, 2.75) is 20.4 Å². The number of nitrogens with zero attached hydrogens (tertiary/aromatic N) is 1. The second kappa shape index (κ2) is 10.8. The molecule has 1 heterocycles. The van der Waals surface area contributed by atoms with Crippen molar-refractivity contribution in [3.63, 3.8) is 0 Å². The molecule has 0 unspecified atom stereocenters.